The molecule has 3 heteroatoms. The van der Waals surface area contributed by atoms with E-state index in [9.17, 15) is 0 Å². The molecule has 0 radical (unpaired) electrons. The molecule has 0 amide bonds. The van der Waals surface area contributed by atoms with Crippen LogP contribution >= 0.6 is 0 Å². The summed E-state index contributed by atoms with van der Waals surface area (Å²) in [5.41, 5.74) is 12.0. The number of nitrogens with zero attached hydrogens (tertiary/aromatic N) is 3. The highest BCUT2D eigenvalue weighted by molar-refractivity contribution is 6.07. The van der Waals surface area contributed by atoms with Crippen molar-refractivity contribution in [2.45, 2.75) is 12.8 Å². The average molecular weight is 690 g/mol. The third-order valence-electron chi connectivity index (χ3n) is 10.6. The number of fused-ring (bicyclic) bond motifs is 3. The second-order valence-corrected chi connectivity index (χ2v) is 13.9. The van der Waals surface area contributed by atoms with Crippen molar-refractivity contribution in [1.29, 1.82) is 0 Å². The fraction of sp³-hybridized carbons (Fsp3) is 0.0392. The maximum atomic E-state index is 5.26. The van der Waals surface area contributed by atoms with Crippen LogP contribution in [0, 0.1) is 0 Å². The summed E-state index contributed by atoms with van der Waals surface area (Å²) < 4.78 is 0. The number of pyridine rings is 1. The molecule has 0 saturated carbocycles. The minimum Gasteiger partial charge on any atom is -0.264 e. The first kappa shape index (κ1) is 31.7. The van der Waals surface area contributed by atoms with Gasteiger partial charge in [-0.2, -0.15) is 0 Å². The van der Waals surface area contributed by atoms with Crippen molar-refractivity contribution >= 4 is 33.7 Å². The van der Waals surface area contributed by atoms with Crippen molar-refractivity contribution in [3.63, 3.8) is 0 Å². The van der Waals surface area contributed by atoms with Gasteiger partial charge in [-0.05, 0) is 103 Å². The van der Waals surface area contributed by atoms with E-state index in [1.54, 1.807) is 6.20 Å². The Morgan fingerprint density at radius 3 is 1.69 bits per heavy atom. The molecule has 1 aliphatic rings. The van der Waals surface area contributed by atoms with Crippen molar-refractivity contribution in [3.8, 4) is 67.3 Å². The molecule has 3 nitrogen and oxygen atoms in total. The first-order valence-electron chi connectivity index (χ1n) is 18.6. The molecule has 10 rings (SSSR count). The Labute approximate surface area is 314 Å². The number of aromatic nitrogens is 3. The van der Waals surface area contributed by atoms with Crippen LogP contribution in [0.5, 0.6) is 0 Å². The molecule has 0 unspecified atom stereocenters. The van der Waals surface area contributed by atoms with Crippen LogP contribution < -0.4 is 10.4 Å². The van der Waals surface area contributed by atoms with Gasteiger partial charge < -0.3 is 0 Å². The lowest BCUT2D eigenvalue weighted by Crippen LogP contribution is -2.31. The van der Waals surface area contributed by atoms with Gasteiger partial charge in [-0.1, -0.05) is 146 Å². The molecule has 9 aromatic rings. The third kappa shape index (κ3) is 5.77. The maximum absolute atomic E-state index is 5.26. The van der Waals surface area contributed by atoms with Crippen LogP contribution in [0.2, 0.25) is 0 Å². The Morgan fingerprint density at radius 1 is 0.370 bits per heavy atom. The van der Waals surface area contributed by atoms with Crippen LogP contribution in [0.4, 0.5) is 0 Å². The van der Waals surface area contributed by atoms with E-state index >= 15 is 0 Å². The zero-order chi connectivity index (χ0) is 35.8. The molecular formula is C51H35N3. The van der Waals surface area contributed by atoms with Gasteiger partial charge in [-0.3, -0.25) is 4.98 Å². The summed E-state index contributed by atoms with van der Waals surface area (Å²) >= 11 is 0. The Morgan fingerprint density at radius 2 is 0.944 bits per heavy atom. The van der Waals surface area contributed by atoms with Crippen LogP contribution in [0.15, 0.2) is 176 Å². The quantitative estimate of drug-likeness (QED) is 0.174. The molecule has 254 valence electrons. The third-order valence-corrected chi connectivity index (χ3v) is 10.6. The highest BCUT2D eigenvalue weighted by atomic mass is 14.9. The minimum absolute atomic E-state index is 0.696. The maximum Gasteiger partial charge on any atom is 0.160 e. The molecule has 0 atom stereocenters. The van der Waals surface area contributed by atoms with Crippen molar-refractivity contribution in [2.24, 2.45) is 0 Å². The number of hydrogen-bond donors (Lipinski definition) is 0. The van der Waals surface area contributed by atoms with Crippen LogP contribution in [-0.4, -0.2) is 15.0 Å². The molecule has 0 spiro atoms. The number of hydrogen-bond acceptors (Lipinski definition) is 3. The first-order valence-corrected chi connectivity index (χ1v) is 18.6. The minimum atomic E-state index is 0.696. The van der Waals surface area contributed by atoms with E-state index < -0.39 is 0 Å². The standard InChI is InChI=1S/C51H35N3/c1-2-14-35(15-3-1)47-32-48(38-18-10-17-37(29-38)42-21-12-28-52-33-42)54-51(53-47)41-20-11-19-39(31-41)49-43-22-6-8-24-45(43)50(46-25-9-7-23-44(46)49)40-27-26-34-13-4-5-16-36(34)30-40/h1-6,8,10-33H,7,9H2. The molecule has 0 bridgehead atoms. The summed E-state index contributed by atoms with van der Waals surface area (Å²) in [6.07, 6.45) is 10.6. The molecular weight excluding hydrogens is 655 g/mol. The van der Waals surface area contributed by atoms with Crippen molar-refractivity contribution in [3.05, 3.63) is 187 Å². The van der Waals surface area contributed by atoms with Crippen molar-refractivity contribution in [1.82, 2.24) is 15.0 Å². The Kier molecular flexibility index (Phi) is 7.96. The van der Waals surface area contributed by atoms with E-state index in [-0.39, 0.29) is 0 Å². The van der Waals surface area contributed by atoms with Crippen molar-refractivity contribution < 1.29 is 0 Å². The summed E-state index contributed by atoms with van der Waals surface area (Å²) in [5.74, 6) is 0.696. The molecule has 0 saturated heterocycles. The van der Waals surface area contributed by atoms with Crippen LogP contribution in [0.25, 0.3) is 101 Å². The number of rotatable bonds is 6. The Hall–Kier alpha value is -6.97. The second-order valence-electron chi connectivity index (χ2n) is 13.9. The lowest BCUT2D eigenvalue weighted by molar-refractivity contribution is 1.12. The SMILES string of the molecule is C1=c2c(-c3cccc(-c4nc(-c5ccccc5)cc(-c5cccc(-c6cccnc6)c5)n4)c3)c3ccccc3c(-c3ccc4ccccc4c3)c2=CCC1. The summed E-state index contributed by atoms with van der Waals surface area (Å²) in [6, 6.07) is 58.3. The molecule has 1 aliphatic carbocycles. The highest BCUT2D eigenvalue weighted by Gasteiger charge is 2.18. The summed E-state index contributed by atoms with van der Waals surface area (Å²) in [5, 5.41) is 7.63. The summed E-state index contributed by atoms with van der Waals surface area (Å²) in [4.78, 5) is 14.8. The predicted molar refractivity (Wildman–Crippen MR) is 225 cm³/mol. The van der Waals surface area contributed by atoms with Crippen LogP contribution in [0.1, 0.15) is 12.8 Å². The van der Waals surface area contributed by atoms with Crippen molar-refractivity contribution in [2.75, 3.05) is 0 Å². The van der Waals surface area contributed by atoms with E-state index in [4.69, 9.17) is 9.97 Å². The lowest BCUT2D eigenvalue weighted by atomic mass is 9.85. The monoisotopic (exact) mass is 689 g/mol. The fourth-order valence-corrected chi connectivity index (χ4v) is 8.01. The molecule has 0 fully saturated rings. The molecule has 0 N–H and O–H groups in total. The molecule has 54 heavy (non-hydrogen) atoms. The van der Waals surface area contributed by atoms with Crippen LogP contribution in [0.3, 0.4) is 0 Å². The van der Waals surface area contributed by atoms with Crippen LogP contribution in [-0.2, 0) is 0 Å². The van der Waals surface area contributed by atoms with Gasteiger partial charge in [0.25, 0.3) is 0 Å². The normalized spacial score (nSPS) is 12.2. The smallest absolute Gasteiger partial charge is 0.160 e. The van der Waals surface area contributed by atoms with Gasteiger partial charge in [-0.25, -0.2) is 9.97 Å². The van der Waals surface area contributed by atoms with E-state index in [1.165, 1.54) is 48.7 Å². The first-order chi connectivity index (χ1) is 26.8. The van der Waals surface area contributed by atoms with Gasteiger partial charge in [0.05, 0.1) is 11.4 Å². The molecule has 0 aliphatic heterocycles. The van der Waals surface area contributed by atoms with E-state index in [0.29, 0.717) is 5.82 Å². The van der Waals surface area contributed by atoms with Gasteiger partial charge in [0.15, 0.2) is 5.82 Å². The van der Waals surface area contributed by atoms with E-state index in [1.807, 2.05) is 18.3 Å². The largest absolute Gasteiger partial charge is 0.264 e. The molecule has 7 aromatic carbocycles. The number of benzene rings is 7. The highest BCUT2D eigenvalue weighted by Crippen LogP contribution is 2.35. The Balaban J connectivity index is 1.16. The summed E-state index contributed by atoms with van der Waals surface area (Å²) in [6.45, 7) is 0. The van der Waals surface area contributed by atoms with Gasteiger partial charge >= 0.3 is 0 Å². The topological polar surface area (TPSA) is 38.7 Å². The Bertz CT molecular complexity index is 2990. The second kappa shape index (κ2) is 13.5. The van der Waals surface area contributed by atoms with Gasteiger partial charge in [-0.15, -0.1) is 0 Å². The fourth-order valence-electron chi connectivity index (χ4n) is 8.01. The zero-order valence-corrected chi connectivity index (χ0v) is 29.7. The predicted octanol–water partition coefficient (Wildman–Crippen LogP) is 11.5. The summed E-state index contributed by atoms with van der Waals surface area (Å²) in [7, 11) is 0. The molecule has 2 heterocycles. The van der Waals surface area contributed by atoms with E-state index in [0.717, 1.165) is 57.6 Å². The lowest BCUT2D eigenvalue weighted by Gasteiger charge is -2.18. The zero-order valence-electron chi connectivity index (χ0n) is 29.7. The molecule has 2 aromatic heterocycles. The van der Waals surface area contributed by atoms with Gasteiger partial charge in [0.2, 0.25) is 0 Å². The van der Waals surface area contributed by atoms with Gasteiger partial charge in [0, 0.05) is 34.6 Å². The van der Waals surface area contributed by atoms with E-state index in [2.05, 4.69) is 169 Å². The van der Waals surface area contributed by atoms with Gasteiger partial charge in [0.1, 0.15) is 0 Å². The average Bonchev–Trinajstić information content (AvgIpc) is 3.26.